The second kappa shape index (κ2) is 6.95. The molecule has 6 heteroatoms. The SMILES string of the molecule is CC(C)[C@@H](NC(=O)[C@H]1C[C@@H]1c1nc2ccccc2[nH]1)c1cc2ccc(F)cc2s1. The third-order valence-electron chi connectivity index (χ3n) is 5.66. The second-order valence-electron chi connectivity index (χ2n) is 8.15. The number of H-pyrrole nitrogens is 1. The van der Waals surface area contributed by atoms with E-state index in [1.54, 1.807) is 23.5 Å². The molecule has 1 fully saturated rings. The van der Waals surface area contributed by atoms with Crippen LogP contribution in [-0.2, 0) is 4.79 Å². The zero-order chi connectivity index (χ0) is 20.1. The van der Waals surface area contributed by atoms with Crippen LogP contribution in [0.5, 0.6) is 0 Å². The number of rotatable bonds is 5. The molecule has 2 heterocycles. The number of nitrogens with one attached hydrogen (secondary N) is 2. The van der Waals surface area contributed by atoms with Crippen LogP contribution in [0.1, 0.15) is 42.9 Å². The molecule has 3 atom stereocenters. The largest absolute Gasteiger partial charge is 0.348 e. The summed E-state index contributed by atoms with van der Waals surface area (Å²) in [6.07, 6.45) is 0.814. The molecule has 1 aliphatic rings. The molecule has 0 radical (unpaired) electrons. The molecule has 2 aromatic carbocycles. The van der Waals surface area contributed by atoms with Crippen molar-refractivity contribution in [1.29, 1.82) is 0 Å². The normalized spacial score (nSPS) is 19.7. The van der Waals surface area contributed by atoms with E-state index < -0.39 is 0 Å². The molecule has 29 heavy (non-hydrogen) atoms. The predicted molar refractivity (Wildman–Crippen MR) is 114 cm³/mol. The van der Waals surface area contributed by atoms with Gasteiger partial charge in [-0.2, -0.15) is 0 Å². The lowest BCUT2D eigenvalue weighted by molar-refractivity contribution is -0.123. The van der Waals surface area contributed by atoms with Crippen LogP contribution in [-0.4, -0.2) is 15.9 Å². The van der Waals surface area contributed by atoms with Crippen molar-refractivity contribution in [3.05, 3.63) is 65.0 Å². The lowest BCUT2D eigenvalue weighted by Crippen LogP contribution is -2.32. The van der Waals surface area contributed by atoms with Gasteiger partial charge in [-0.25, -0.2) is 9.37 Å². The Balaban J connectivity index is 1.33. The van der Waals surface area contributed by atoms with Crippen LogP contribution in [0.3, 0.4) is 0 Å². The molecule has 1 aliphatic carbocycles. The molecule has 4 aromatic rings. The number of para-hydroxylation sites is 2. The first-order valence-electron chi connectivity index (χ1n) is 9.93. The number of hydrogen-bond donors (Lipinski definition) is 2. The number of hydrogen-bond acceptors (Lipinski definition) is 3. The van der Waals surface area contributed by atoms with Gasteiger partial charge in [0.05, 0.1) is 17.1 Å². The number of aromatic nitrogens is 2. The number of benzene rings is 2. The standard InChI is InChI=1S/C23H22FN3OS/c1-12(2)21(20-9-13-7-8-14(24)10-19(13)29-20)27-23(28)16-11-15(16)22-25-17-5-3-4-6-18(17)26-22/h3-10,12,15-16,21H,11H2,1-2H3,(H,25,26)(H,27,28)/t15-,16-,21+/m0/s1. The molecule has 0 saturated heterocycles. The van der Waals surface area contributed by atoms with E-state index in [0.29, 0.717) is 0 Å². The Morgan fingerprint density at radius 2 is 2.07 bits per heavy atom. The molecule has 2 N–H and O–H groups in total. The van der Waals surface area contributed by atoms with Crippen molar-refractivity contribution in [2.45, 2.75) is 32.2 Å². The van der Waals surface area contributed by atoms with Crippen molar-refractivity contribution in [2.75, 3.05) is 0 Å². The summed E-state index contributed by atoms with van der Waals surface area (Å²) in [5, 5.41) is 4.25. The van der Waals surface area contributed by atoms with E-state index in [-0.39, 0.29) is 35.5 Å². The fraction of sp³-hybridized carbons (Fsp3) is 0.304. The van der Waals surface area contributed by atoms with Gasteiger partial charge in [0.1, 0.15) is 11.6 Å². The van der Waals surface area contributed by atoms with Crippen molar-refractivity contribution in [1.82, 2.24) is 15.3 Å². The van der Waals surface area contributed by atoms with E-state index in [2.05, 4.69) is 35.2 Å². The summed E-state index contributed by atoms with van der Waals surface area (Å²) >= 11 is 1.55. The Morgan fingerprint density at radius 1 is 1.24 bits per heavy atom. The van der Waals surface area contributed by atoms with Crippen LogP contribution >= 0.6 is 11.3 Å². The molecule has 148 valence electrons. The summed E-state index contributed by atoms with van der Waals surface area (Å²) in [5.41, 5.74) is 1.94. The Bertz CT molecular complexity index is 1180. The van der Waals surface area contributed by atoms with Gasteiger partial charge in [0.25, 0.3) is 0 Å². The molecule has 1 saturated carbocycles. The van der Waals surface area contributed by atoms with Crippen molar-refractivity contribution in [3.8, 4) is 0 Å². The van der Waals surface area contributed by atoms with E-state index >= 15 is 0 Å². The quantitative estimate of drug-likeness (QED) is 0.457. The Kier molecular flexibility index (Phi) is 4.39. The van der Waals surface area contributed by atoms with Crippen LogP contribution in [0.4, 0.5) is 4.39 Å². The van der Waals surface area contributed by atoms with E-state index in [9.17, 15) is 9.18 Å². The molecule has 0 aliphatic heterocycles. The Hall–Kier alpha value is -2.73. The number of carbonyl (C=O) groups is 1. The zero-order valence-corrected chi connectivity index (χ0v) is 17.1. The molecule has 0 unspecified atom stereocenters. The number of carbonyl (C=O) groups excluding carboxylic acids is 1. The lowest BCUT2D eigenvalue weighted by atomic mass is 10.0. The number of halogens is 1. The fourth-order valence-corrected chi connectivity index (χ4v) is 5.25. The highest BCUT2D eigenvalue weighted by molar-refractivity contribution is 7.19. The third kappa shape index (κ3) is 3.42. The van der Waals surface area contributed by atoms with E-state index in [4.69, 9.17) is 0 Å². The topological polar surface area (TPSA) is 57.8 Å². The minimum atomic E-state index is -0.234. The maximum Gasteiger partial charge on any atom is 0.224 e. The van der Waals surface area contributed by atoms with Gasteiger partial charge in [-0.05, 0) is 48.1 Å². The first kappa shape index (κ1) is 18.3. The molecule has 1 amide bonds. The highest BCUT2D eigenvalue weighted by Gasteiger charge is 2.46. The average molecular weight is 408 g/mol. The van der Waals surface area contributed by atoms with Gasteiger partial charge in [0, 0.05) is 21.4 Å². The maximum absolute atomic E-state index is 13.5. The summed E-state index contributed by atoms with van der Waals surface area (Å²) in [7, 11) is 0. The number of imidazole rings is 1. The van der Waals surface area contributed by atoms with Crippen molar-refractivity contribution in [3.63, 3.8) is 0 Å². The first-order chi connectivity index (χ1) is 14.0. The second-order valence-corrected chi connectivity index (χ2v) is 9.26. The average Bonchev–Trinajstić information content (AvgIpc) is 3.21. The van der Waals surface area contributed by atoms with Crippen LogP contribution in [0.15, 0.2) is 48.5 Å². The van der Waals surface area contributed by atoms with Crippen molar-refractivity contribution in [2.24, 2.45) is 11.8 Å². The Morgan fingerprint density at radius 3 is 2.86 bits per heavy atom. The summed E-state index contributed by atoms with van der Waals surface area (Å²) in [4.78, 5) is 22.0. The lowest BCUT2D eigenvalue weighted by Gasteiger charge is -2.21. The number of nitrogens with zero attached hydrogens (tertiary/aromatic N) is 1. The first-order valence-corrected chi connectivity index (χ1v) is 10.8. The summed E-state index contributed by atoms with van der Waals surface area (Å²) in [6.45, 7) is 4.19. The summed E-state index contributed by atoms with van der Waals surface area (Å²) in [6, 6.07) is 14.7. The monoisotopic (exact) mass is 407 g/mol. The van der Waals surface area contributed by atoms with Gasteiger partial charge in [0.2, 0.25) is 5.91 Å². The number of fused-ring (bicyclic) bond motifs is 2. The third-order valence-corrected chi connectivity index (χ3v) is 6.84. The maximum atomic E-state index is 13.5. The minimum Gasteiger partial charge on any atom is -0.348 e. The Labute approximate surface area is 172 Å². The highest BCUT2D eigenvalue weighted by atomic mass is 32.1. The van der Waals surface area contributed by atoms with Gasteiger partial charge in [0.15, 0.2) is 0 Å². The molecule has 5 rings (SSSR count). The summed E-state index contributed by atoms with van der Waals surface area (Å²) in [5.74, 6) is 1.06. The molecule has 4 nitrogen and oxygen atoms in total. The van der Waals surface area contributed by atoms with Gasteiger partial charge in [-0.15, -0.1) is 11.3 Å². The highest BCUT2D eigenvalue weighted by Crippen LogP contribution is 2.47. The van der Waals surface area contributed by atoms with Crippen molar-refractivity contribution < 1.29 is 9.18 Å². The number of thiophene rings is 1. The van der Waals surface area contributed by atoms with E-state index in [1.807, 2.05) is 24.3 Å². The molecular weight excluding hydrogens is 385 g/mol. The van der Waals surface area contributed by atoms with Crippen LogP contribution in [0.25, 0.3) is 21.1 Å². The van der Waals surface area contributed by atoms with Crippen LogP contribution < -0.4 is 5.32 Å². The van der Waals surface area contributed by atoms with Crippen molar-refractivity contribution >= 4 is 38.4 Å². The molecule has 2 aromatic heterocycles. The van der Waals surface area contributed by atoms with Crippen LogP contribution in [0.2, 0.25) is 0 Å². The van der Waals surface area contributed by atoms with Gasteiger partial charge in [-0.3, -0.25) is 4.79 Å². The van der Waals surface area contributed by atoms with E-state index in [1.165, 1.54) is 6.07 Å². The summed E-state index contributed by atoms with van der Waals surface area (Å²) < 4.78 is 14.4. The van der Waals surface area contributed by atoms with E-state index in [0.717, 1.165) is 38.2 Å². The smallest absolute Gasteiger partial charge is 0.224 e. The molecule has 0 spiro atoms. The van der Waals surface area contributed by atoms with Gasteiger partial charge >= 0.3 is 0 Å². The predicted octanol–water partition coefficient (Wildman–Crippen LogP) is 5.53. The molecular formula is C23H22FN3OS. The number of amides is 1. The zero-order valence-electron chi connectivity index (χ0n) is 16.3. The van der Waals surface area contributed by atoms with Gasteiger partial charge < -0.3 is 10.3 Å². The van der Waals surface area contributed by atoms with Gasteiger partial charge in [-0.1, -0.05) is 32.0 Å². The fourth-order valence-electron chi connectivity index (χ4n) is 3.94. The number of aromatic amines is 1. The van der Waals surface area contributed by atoms with Crippen LogP contribution in [0, 0.1) is 17.7 Å². The molecule has 0 bridgehead atoms. The minimum absolute atomic E-state index is 0.0522.